The Labute approximate surface area is 307 Å². The zero-order valence-electron chi connectivity index (χ0n) is 32.9. The summed E-state index contributed by atoms with van der Waals surface area (Å²) in [6.45, 7) is 4.35. The first-order valence-electron chi connectivity index (χ1n) is 20.1. The van der Waals surface area contributed by atoms with Gasteiger partial charge in [-0.1, -0.05) is 122 Å². The van der Waals surface area contributed by atoms with Crippen LogP contribution in [0.15, 0.2) is 24.3 Å². The third-order valence-electron chi connectivity index (χ3n) is 8.45. The SMILES string of the molecule is CCCC/C=C/CCCCCCCC(=O)OC[C@H](COP(=O)(O)OCC[N+](C)(C)C)OC(=O)CCCCCCCCC/C=C/CCCCCC. The summed E-state index contributed by atoms with van der Waals surface area (Å²) >= 11 is 0. The number of nitrogens with zero attached hydrogens (tertiary/aromatic N) is 1. The van der Waals surface area contributed by atoms with Gasteiger partial charge in [0.05, 0.1) is 27.7 Å². The van der Waals surface area contributed by atoms with Gasteiger partial charge in [0, 0.05) is 12.8 Å². The first-order chi connectivity index (χ1) is 24.0. The van der Waals surface area contributed by atoms with Gasteiger partial charge in [-0.3, -0.25) is 18.6 Å². The van der Waals surface area contributed by atoms with Crippen molar-refractivity contribution in [1.82, 2.24) is 0 Å². The van der Waals surface area contributed by atoms with Crippen LogP contribution in [0, 0.1) is 0 Å². The van der Waals surface area contributed by atoms with Gasteiger partial charge >= 0.3 is 19.8 Å². The number of likely N-dealkylation sites (N-methyl/N-ethyl adjacent to an activating group) is 1. The topological polar surface area (TPSA) is 108 Å². The number of ether oxygens (including phenoxy) is 2. The maximum atomic E-state index is 12.6. The van der Waals surface area contributed by atoms with Crippen molar-refractivity contribution in [2.75, 3.05) is 47.5 Å². The van der Waals surface area contributed by atoms with Crippen molar-refractivity contribution in [3.8, 4) is 0 Å². The highest BCUT2D eigenvalue weighted by molar-refractivity contribution is 7.47. The average Bonchev–Trinajstić information content (AvgIpc) is 3.06. The highest BCUT2D eigenvalue weighted by Crippen LogP contribution is 2.43. The molecule has 0 saturated heterocycles. The number of carbonyl (C=O) groups is 2. The van der Waals surface area contributed by atoms with Crippen molar-refractivity contribution in [1.29, 1.82) is 0 Å². The molecule has 0 aromatic rings. The fourth-order valence-electron chi connectivity index (χ4n) is 5.22. The third-order valence-corrected chi connectivity index (χ3v) is 9.44. The van der Waals surface area contributed by atoms with Crippen LogP contribution in [0.2, 0.25) is 0 Å². The molecular weight excluding hydrogens is 653 g/mol. The Kier molecular flexibility index (Phi) is 32.3. The monoisotopic (exact) mass is 731 g/mol. The number of allylic oxidation sites excluding steroid dienone is 4. The lowest BCUT2D eigenvalue weighted by atomic mass is 10.1. The smallest absolute Gasteiger partial charge is 0.462 e. The van der Waals surface area contributed by atoms with Crippen molar-refractivity contribution in [3.63, 3.8) is 0 Å². The summed E-state index contributed by atoms with van der Waals surface area (Å²) in [6.07, 6.45) is 33.6. The summed E-state index contributed by atoms with van der Waals surface area (Å²) in [4.78, 5) is 35.2. The standard InChI is InChI=1S/C40H76NO8P/c1-6-8-10-12-14-16-18-19-20-21-23-25-27-29-31-33-40(43)49-38(37-48-50(44,45)47-35-34-41(3,4)5)36-46-39(42)32-30-28-26-24-22-17-15-13-11-9-7-2/h13,15-16,18,38H,6-12,14,17,19-37H2,1-5H3/p+1/b15-13+,18-16+/t38-/m1/s1. The first kappa shape index (κ1) is 48.5. The second-order valence-corrected chi connectivity index (χ2v) is 16.1. The molecule has 0 radical (unpaired) electrons. The van der Waals surface area contributed by atoms with E-state index < -0.39 is 26.5 Å². The van der Waals surface area contributed by atoms with E-state index in [9.17, 15) is 19.0 Å². The van der Waals surface area contributed by atoms with E-state index in [1.54, 1.807) is 0 Å². The van der Waals surface area contributed by atoms with Crippen LogP contribution in [-0.2, 0) is 32.7 Å². The highest BCUT2D eigenvalue weighted by atomic mass is 31.2. The molecule has 0 amide bonds. The summed E-state index contributed by atoms with van der Waals surface area (Å²) in [5.41, 5.74) is 0. The average molecular weight is 731 g/mol. The van der Waals surface area contributed by atoms with E-state index in [4.69, 9.17) is 18.5 Å². The van der Waals surface area contributed by atoms with Crippen LogP contribution < -0.4 is 0 Å². The molecule has 0 saturated carbocycles. The van der Waals surface area contributed by atoms with Crippen molar-refractivity contribution in [2.45, 2.75) is 174 Å². The molecular formula is C40H77NO8P+. The van der Waals surface area contributed by atoms with E-state index in [0.29, 0.717) is 17.4 Å². The van der Waals surface area contributed by atoms with E-state index in [1.807, 2.05) is 21.1 Å². The molecule has 0 rings (SSSR count). The molecule has 0 aliphatic rings. The fraction of sp³-hybridized carbons (Fsp3) is 0.850. The van der Waals surface area contributed by atoms with Gasteiger partial charge < -0.3 is 18.9 Å². The predicted molar refractivity (Wildman–Crippen MR) is 206 cm³/mol. The Bertz CT molecular complexity index is 918. The summed E-state index contributed by atoms with van der Waals surface area (Å²) < 4.78 is 34.2. The minimum absolute atomic E-state index is 0.0304. The molecule has 2 atom stereocenters. The molecule has 294 valence electrons. The minimum atomic E-state index is -4.37. The molecule has 0 heterocycles. The van der Waals surface area contributed by atoms with Gasteiger partial charge in [0.25, 0.3) is 0 Å². The second kappa shape index (κ2) is 33.3. The Morgan fingerprint density at radius 1 is 0.600 bits per heavy atom. The molecule has 0 spiro atoms. The van der Waals surface area contributed by atoms with Crippen molar-refractivity contribution in [3.05, 3.63) is 24.3 Å². The van der Waals surface area contributed by atoms with Gasteiger partial charge in [0.1, 0.15) is 19.8 Å². The van der Waals surface area contributed by atoms with Crippen LogP contribution in [0.4, 0.5) is 0 Å². The maximum Gasteiger partial charge on any atom is 0.472 e. The van der Waals surface area contributed by atoms with Gasteiger partial charge in [-0.2, -0.15) is 0 Å². The lowest BCUT2D eigenvalue weighted by Gasteiger charge is -2.24. The lowest BCUT2D eigenvalue weighted by molar-refractivity contribution is -0.870. The molecule has 0 bridgehead atoms. The Balaban J connectivity index is 4.42. The molecule has 1 N–H and O–H groups in total. The number of phosphoric acid groups is 1. The summed E-state index contributed by atoms with van der Waals surface area (Å²) in [5, 5.41) is 0. The van der Waals surface area contributed by atoms with Crippen LogP contribution in [0.25, 0.3) is 0 Å². The highest BCUT2D eigenvalue weighted by Gasteiger charge is 2.27. The van der Waals surface area contributed by atoms with Gasteiger partial charge in [0.15, 0.2) is 6.10 Å². The summed E-state index contributed by atoms with van der Waals surface area (Å²) in [5.74, 6) is -0.815. The first-order valence-corrected chi connectivity index (χ1v) is 21.6. The number of carbonyl (C=O) groups excluding carboxylic acids is 2. The molecule has 0 aliphatic carbocycles. The largest absolute Gasteiger partial charge is 0.472 e. The Morgan fingerprint density at radius 2 is 1.04 bits per heavy atom. The lowest BCUT2D eigenvalue weighted by Crippen LogP contribution is -2.37. The molecule has 50 heavy (non-hydrogen) atoms. The van der Waals surface area contributed by atoms with Crippen LogP contribution in [0.5, 0.6) is 0 Å². The van der Waals surface area contributed by atoms with E-state index in [2.05, 4.69) is 38.2 Å². The van der Waals surface area contributed by atoms with Crippen molar-refractivity contribution < 1.29 is 42.1 Å². The van der Waals surface area contributed by atoms with Gasteiger partial charge in [0.2, 0.25) is 0 Å². The van der Waals surface area contributed by atoms with Crippen molar-refractivity contribution >= 4 is 19.8 Å². The molecule has 0 fully saturated rings. The summed E-state index contributed by atoms with van der Waals surface area (Å²) in [7, 11) is 1.47. The molecule has 9 nitrogen and oxygen atoms in total. The third kappa shape index (κ3) is 36.3. The van der Waals surface area contributed by atoms with E-state index in [0.717, 1.165) is 70.6 Å². The maximum absolute atomic E-state index is 12.6. The number of hydrogen-bond acceptors (Lipinski definition) is 7. The Morgan fingerprint density at radius 3 is 1.54 bits per heavy atom. The van der Waals surface area contributed by atoms with Crippen LogP contribution >= 0.6 is 7.82 Å². The predicted octanol–water partition coefficient (Wildman–Crippen LogP) is 10.8. The van der Waals surface area contributed by atoms with E-state index >= 15 is 0 Å². The van der Waals surface area contributed by atoms with Crippen LogP contribution in [-0.4, -0.2) is 74.9 Å². The molecule has 0 aromatic carbocycles. The Hall–Kier alpha value is -1.51. The van der Waals surface area contributed by atoms with Gasteiger partial charge in [-0.05, 0) is 57.8 Å². The molecule has 0 aliphatic heterocycles. The minimum Gasteiger partial charge on any atom is -0.462 e. The number of hydrogen-bond donors (Lipinski definition) is 1. The number of esters is 2. The molecule has 1 unspecified atom stereocenters. The quantitative estimate of drug-likeness (QED) is 0.0223. The van der Waals surface area contributed by atoms with Crippen LogP contribution in [0.3, 0.4) is 0 Å². The molecule has 10 heteroatoms. The number of unbranched alkanes of at least 4 members (excludes halogenated alkanes) is 18. The van der Waals surface area contributed by atoms with Gasteiger partial charge in [-0.25, -0.2) is 4.57 Å². The van der Waals surface area contributed by atoms with Crippen LogP contribution in [0.1, 0.15) is 168 Å². The fourth-order valence-corrected chi connectivity index (χ4v) is 5.96. The normalized spacial score (nSPS) is 14.0. The van der Waals surface area contributed by atoms with Gasteiger partial charge in [-0.15, -0.1) is 0 Å². The number of quaternary nitrogens is 1. The zero-order valence-corrected chi connectivity index (χ0v) is 33.8. The van der Waals surface area contributed by atoms with E-state index in [-0.39, 0.29) is 32.0 Å². The second-order valence-electron chi connectivity index (χ2n) is 14.7. The number of phosphoric ester groups is 1. The molecule has 0 aromatic heterocycles. The van der Waals surface area contributed by atoms with Crippen molar-refractivity contribution in [2.24, 2.45) is 0 Å². The summed E-state index contributed by atoms with van der Waals surface area (Å²) in [6, 6.07) is 0. The number of rotatable bonds is 36. The zero-order chi connectivity index (χ0) is 37.2. The van der Waals surface area contributed by atoms with E-state index in [1.165, 1.54) is 64.2 Å².